The number of rotatable bonds is 5. The monoisotopic (exact) mass is 402 g/mol. The van der Waals surface area contributed by atoms with E-state index in [1.807, 2.05) is 24.3 Å². The fraction of sp³-hybridized carbons (Fsp3) is 0.455. The van der Waals surface area contributed by atoms with E-state index in [2.05, 4.69) is 16.5 Å². The van der Waals surface area contributed by atoms with Crippen LogP contribution >= 0.6 is 0 Å². The second-order valence-electron chi connectivity index (χ2n) is 8.07. The second-order valence-corrected chi connectivity index (χ2v) is 9.76. The van der Waals surface area contributed by atoms with Crippen molar-refractivity contribution in [3.63, 3.8) is 0 Å². The molecule has 1 saturated carbocycles. The maximum absolute atomic E-state index is 13.0. The molecule has 4 rings (SSSR count). The Balaban J connectivity index is 1.41. The van der Waals surface area contributed by atoms with E-state index in [4.69, 9.17) is 0 Å². The molecule has 1 aliphatic carbocycles. The maximum atomic E-state index is 13.0. The van der Waals surface area contributed by atoms with Crippen LogP contribution in [0.1, 0.15) is 50.5 Å². The molecule has 0 bridgehead atoms. The van der Waals surface area contributed by atoms with Gasteiger partial charge in [-0.2, -0.15) is 0 Å². The van der Waals surface area contributed by atoms with Crippen LogP contribution in [-0.2, 0) is 10.0 Å². The van der Waals surface area contributed by atoms with Crippen LogP contribution in [0.2, 0.25) is 0 Å². The molecule has 0 spiro atoms. The van der Waals surface area contributed by atoms with Crippen molar-refractivity contribution < 1.29 is 12.8 Å². The average molecular weight is 403 g/mol. The van der Waals surface area contributed by atoms with E-state index in [9.17, 15) is 12.8 Å². The second kappa shape index (κ2) is 7.84. The minimum Gasteiger partial charge on any atom is -0.298 e. The van der Waals surface area contributed by atoms with Gasteiger partial charge < -0.3 is 0 Å². The molecule has 2 aromatic carbocycles. The minimum absolute atomic E-state index is 0.0522. The van der Waals surface area contributed by atoms with Gasteiger partial charge >= 0.3 is 0 Å². The number of likely N-dealkylation sites (tertiary alicyclic amines) is 1. The Kier molecular flexibility index (Phi) is 5.43. The number of hydrogen-bond acceptors (Lipinski definition) is 3. The van der Waals surface area contributed by atoms with Gasteiger partial charge in [0, 0.05) is 17.8 Å². The van der Waals surface area contributed by atoms with Gasteiger partial charge in [-0.05, 0) is 93.5 Å². The molecule has 3 atom stereocenters. The SMILES string of the molecule is CC1CCCN1C1CC[C@H](c2ccc(NS(=O)(=O)c3ccc(F)cc3)cc2)C1. The molecule has 0 aromatic heterocycles. The van der Waals surface area contributed by atoms with Gasteiger partial charge in [0.25, 0.3) is 10.0 Å². The van der Waals surface area contributed by atoms with Crippen molar-refractivity contribution in [1.29, 1.82) is 0 Å². The van der Waals surface area contributed by atoms with Crippen molar-refractivity contribution in [3.8, 4) is 0 Å². The first-order valence-corrected chi connectivity index (χ1v) is 11.5. The van der Waals surface area contributed by atoms with Gasteiger partial charge in [-0.3, -0.25) is 9.62 Å². The summed E-state index contributed by atoms with van der Waals surface area (Å²) >= 11 is 0. The summed E-state index contributed by atoms with van der Waals surface area (Å²) in [4.78, 5) is 2.72. The molecule has 0 radical (unpaired) electrons. The number of anilines is 1. The summed E-state index contributed by atoms with van der Waals surface area (Å²) in [6, 6.07) is 13.9. The zero-order chi connectivity index (χ0) is 19.7. The fourth-order valence-electron chi connectivity index (χ4n) is 4.71. The third kappa shape index (κ3) is 4.08. The average Bonchev–Trinajstić information content (AvgIpc) is 3.31. The summed E-state index contributed by atoms with van der Waals surface area (Å²) in [7, 11) is -3.71. The molecule has 1 aliphatic heterocycles. The molecule has 2 aliphatic rings. The van der Waals surface area contributed by atoms with Crippen LogP contribution in [0.5, 0.6) is 0 Å². The first kappa shape index (κ1) is 19.4. The van der Waals surface area contributed by atoms with Gasteiger partial charge in [0.05, 0.1) is 4.90 Å². The number of hydrogen-bond donors (Lipinski definition) is 1. The number of halogens is 1. The van der Waals surface area contributed by atoms with Crippen molar-refractivity contribution in [2.24, 2.45) is 0 Å². The summed E-state index contributed by atoms with van der Waals surface area (Å²) in [5.41, 5.74) is 1.80. The van der Waals surface area contributed by atoms with Crippen LogP contribution < -0.4 is 4.72 Å². The number of nitrogens with zero attached hydrogens (tertiary/aromatic N) is 1. The predicted molar refractivity (Wildman–Crippen MR) is 109 cm³/mol. The summed E-state index contributed by atoms with van der Waals surface area (Å²) in [5.74, 6) is 0.0852. The largest absolute Gasteiger partial charge is 0.298 e. The highest BCUT2D eigenvalue weighted by Crippen LogP contribution is 2.39. The molecule has 0 amide bonds. The fourth-order valence-corrected chi connectivity index (χ4v) is 5.77. The number of sulfonamides is 1. The molecule has 28 heavy (non-hydrogen) atoms. The van der Waals surface area contributed by atoms with Gasteiger partial charge in [-0.1, -0.05) is 12.1 Å². The van der Waals surface area contributed by atoms with Crippen molar-refractivity contribution in [1.82, 2.24) is 4.90 Å². The smallest absolute Gasteiger partial charge is 0.261 e. The quantitative estimate of drug-likeness (QED) is 0.785. The van der Waals surface area contributed by atoms with Crippen LogP contribution in [0, 0.1) is 5.82 Å². The molecule has 2 fully saturated rings. The molecule has 2 unspecified atom stereocenters. The summed E-state index contributed by atoms with van der Waals surface area (Å²) in [6.45, 7) is 3.56. The Morgan fingerprint density at radius 3 is 2.36 bits per heavy atom. The van der Waals surface area contributed by atoms with Crippen LogP contribution in [0.4, 0.5) is 10.1 Å². The minimum atomic E-state index is -3.71. The topological polar surface area (TPSA) is 49.4 Å². The van der Waals surface area contributed by atoms with E-state index in [0.29, 0.717) is 23.7 Å². The Morgan fingerprint density at radius 1 is 1.00 bits per heavy atom. The Bertz CT molecular complexity index is 913. The Labute approximate surface area is 166 Å². The van der Waals surface area contributed by atoms with Crippen LogP contribution in [-0.4, -0.2) is 31.9 Å². The lowest BCUT2D eigenvalue weighted by molar-refractivity contribution is 0.191. The zero-order valence-corrected chi connectivity index (χ0v) is 17.0. The molecule has 2 aromatic rings. The lowest BCUT2D eigenvalue weighted by Crippen LogP contribution is -2.35. The molecule has 150 valence electrons. The van der Waals surface area contributed by atoms with Gasteiger partial charge in [-0.15, -0.1) is 0 Å². The molecular formula is C22H27FN2O2S. The van der Waals surface area contributed by atoms with Crippen molar-refractivity contribution in [3.05, 3.63) is 59.9 Å². The van der Waals surface area contributed by atoms with E-state index in [0.717, 1.165) is 12.1 Å². The Hall–Kier alpha value is -1.92. The lowest BCUT2D eigenvalue weighted by atomic mass is 9.97. The van der Waals surface area contributed by atoms with Gasteiger partial charge in [-0.25, -0.2) is 12.8 Å². The molecule has 1 saturated heterocycles. The first-order chi connectivity index (χ1) is 13.4. The van der Waals surface area contributed by atoms with Crippen LogP contribution in [0.25, 0.3) is 0 Å². The highest BCUT2D eigenvalue weighted by Gasteiger charge is 2.34. The van der Waals surface area contributed by atoms with Crippen LogP contribution in [0.3, 0.4) is 0 Å². The van der Waals surface area contributed by atoms with E-state index < -0.39 is 15.8 Å². The zero-order valence-electron chi connectivity index (χ0n) is 16.1. The molecule has 1 N–H and O–H groups in total. The van der Waals surface area contributed by atoms with Crippen LogP contribution in [0.15, 0.2) is 53.4 Å². The molecule has 4 nitrogen and oxygen atoms in total. The van der Waals surface area contributed by atoms with Crippen molar-refractivity contribution in [2.75, 3.05) is 11.3 Å². The number of benzene rings is 2. The van der Waals surface area contributed by atoms with Crippen molar-refractivity contribution >= 4 is 15.7 Å². The van der Waals surface area contributed by atoms with Gasteiger partial charge in [0.2, 0.25) is 0 Å². The maximum Gasteiger partial charge on any atom is 0.261 e. The van der Waals surface area contributed by atoms with E-state index in [-0.39, 0.29) is 4.90 Å². The third-order valence-corrected chi connectivity index (χ3v) is 7.63. The van der Waals surface area contributed by atoms with Gasteiger partial charge in [0.1, 0.15) is 5.82 Å². The molecule has 6 heteroatoms. The Morgan fingerprint density at radius 2 is 1.71 bits per heavy atom. The van der Waals surface area contributed by atoms with E-state index >= 15 is 0 Å². The first-order valence-electron chi connectivity index (χ1n) is 10.1. The van der Waals surface area contributed by atoms with Gasteiger partial charge in [0.15, 0.2) is 0 Å². The summed E-state index contributed by atoms with van der Waals surface area (Å²) < 4.78 is 40.5. The van der Waals surface area contributed by atoms with E-state index in [1.54, 1.807) is 0 Å². The predicted octanol–water partition coefficient (Wildman–Crippen LogP) is 4.75. The third-order valence-electron chi connectivity index (χ3n) is 6.24. The normalized spacial score (nSPS) is 25.9. The summed E-state index contributed by atoms with van der Waals surface area (Å²) in [5, 5.41) is 0. The number of nitrogens with one attached hydrogen (secondary N) is 1. The van der Waals surface area contributed by atoms with Crippen molar-refractivity contribution in [2.45, 2.75) is 61.9 Å². The highest BCUT2D eigenvalue weighted by molar-refractivity contribution is 7.92. The highest BCUT2D eigenvalue weighted by atomic mass is 32.2. The lowest BCUT2D eigenvalue weighted by Gasteiger charge is -2.28. The summed E-state index contributed by atoms with van der Waals surface area (Å²) in [6.07, 6.45) is 6.24. The molecular weight excluding hydrogens is 375 g/mol. The standard InChI is InChI=1S/C22H27FN2O2S/c1-16-3-2-14-25(16)21-11-6-18(15-21)17-4-9-20(10-5-17)24-28(26,27)22-12-7-19(23)8-13-22/h4-5,7-10,12-13,16,18,21,24H,2-3,6,11,14-15H2,1H3/t16?,18-,21?/m0/s1. The van der Waals surface area contributed by atoms with E-state index in [1.165, 1.54) is 56.3 Å². The molecule has 1 heterocycles.